The van der Waals surface area contributed by atoms with Crippen molar-refractivity contribution in [2.45, 2.75) is 6.92 Å². The van der Waals surface area contributed by atoms with Gasteiger partial charge in [-0.05, 0) is 43.3 Å². The molecule has 0 saturated heterocycles. The van der Waals surface area contributed by atoms with Crippen molar-refractivity contribution in [2.24, 2.45) is 7.05 Å². The fraction of sp³-hybridized carbons (Fsp3) is 0.130. The zero-order valence-electron chi connectivity index (χ0n) is 17.0. The number of anilines is 1. The molecule has 0 aliphatic heterocycles. The van der Waals surface area contributed by atoms with Crippen LogP contribution in [0.25, 0.3) is 16.6 Å². The van der Waals surface area contributed by atoms with Crippen molar-refractivity contribution in [3.63, 3.8) is 0 Å². The van der Waals surface area contributed by atoms with Gasteiger partial charge in [-0.25, -0.2) is 9.48 Å². The summed E-state index contributed by atoms with van der Waals surface area (Å²) in [5.41, 5.74) is 2.25. The maximum atomic E-state index is 12.9. The minimum atomic E-state index is -0.480. The smallest absolute Gasteiger partial charge is 0.358 e. The molecule has 0 spiro atoms. The molecule has 0 aliphatic rings. The average Bonchev–Trinajstić information content (AvgIpc) is 3.27. The highest BCUT2D eigenvalue weighted by molar-refractivity contribution is 6.12. The lowest BCUT2D eigenvalue weighted by Gasteiger charge is -2.11. The summed E-state index contributed by atoms with van der Waals surface area (Å²) in [4.78, 5) is 36.9. The Kier molecular flexibility index (Phi) is 5.36. The Labute approximate surface area is 177 Å². The highest BCUT2D eigenvalue weighted by Gasteiger charge is 2.14. The monoisotopic (exact) mass is 416 g/mol. The van der Waals surface area contributed by atoms with Crippen LogP contribution in [0.3, 0.4) is 0 Å². The van der Waals surface area contributed by atoms with Crippen LogP contribution in [0.15, 0.2) is 71.7 Å². The van der Waals surface area contributed by atoms with Gasteiger partial charge in [0.15, 0.2) is 5.69 Å². The number of ether oxygens (including phenoxy) is 1. The van der Waals surface area contributed by atoms with E-state index in [4.69, 9.17) is 4.74 Å². The summed E-state index contributed by atoms with van der Waals surface area (Å²) in [6.07, 6.45) is 1.66. The Balaban J connectivity index is 1.56. The van der Waals surface area contributed by atoms with E-state index in [2.05, 4.69) is 10.4 Å². The SMILES string of the molecule is CCOC(=O)c1ccn(-c2ccc(NC(=O)c3cc(=O)n(C)c4ccccc34)cc2)n1. The van der Waals surface area contributed by atoms with Crippen molar-refractivity contribution in [2.75, 3.05) is 11.9 Å². The summed E-state index contributed by atoms with van der Waals surface area (Å²) in [5.74, 6) is -0.850. The molecule has 0 saturated carbocycles. The van der Waals surface area contributed by atoms with Crippen molar-refractivity contribution in [1.82, 2.24) is 14.3 Å². The fourth-order valence-corrected chi connectivity index (χ4v) is 3.28. The number of fused-ring (bicyclic) bond motifs is 1. The summed E-state index contributed by atoms with van der Waals surface area (Å²) >= 11 is 0. The number of hydrogen-bond donors (Lipinski definition) is 1. The van der Waals surface area contributed by atoms with Gasteiger partial charge < -0.3 is 14.6 Å². The molecule has 1 N–H and O–H groups in total. The predicted molar refractivity (Wildman–Crippen MR) is 117 cm³/mol. The molecule has 0 radical (unpaired) electrons. The molecule has 0 unspecified atom stereocenters. The summed E-state index contributed by atoms with van der Waals surface area (Å²) < 4.78 is 8.00. The zero-order valence-corrected chi connectivity index (χ0v) is 17.0. The van der Waals surface area contributed by atoms with Crippen LogP contribution < -0.4 is 10.9 Å². The van der Waals surface area contributed by atoms with Gasteiger partial charge >= 0.3 is 5.97 Å². The first-order valence-corrected chi connectivity index (χ1v) is 9.71. The van der Waals surface area contributed by atoms with Gasteiger partial charge in [-0.3, -0.25) is 9.59 Å². The zero-order chi connectivity index (χ0) is 22.0. The van der Waals surface area contributed by atoms with Gasteiger partial charge in [0.25, 0.3) is 11.5 Å². The lowest BCUT2D eigenvalue weighted by molar-refractivity contribution is 0.0519. The number of amides is 1. The van der Waals surface area contributed by atoms with Crippen molar-refractivity contribution in [3.8, 4) is 5.69 Å². The highest BCUT2D eigenvalue weighted by Crippen LogP contribution is 2.19. The van der Waals surface area contributed by atoms with E-state index in [1.807, 2.05) is 18.2 Å². The number of hydrogen-bond acceptors (Lipinski definition) is 5. The molecule has 0 bridgehead atoms. The van der Waals surface area contributed by atoms with E-state index < -0.39 is 5.97 Å². The third-order valence-electron chi connectivity index (χ3n) is 4.86. The fourth-order valence-electron chi connectivity index (χ4n) is 3.28. The van der Waals surface area contributed by atoms with Gasteiger partial charge in [0.1, 0.15) is 0 Å². The molecule has 2 heterocycles. The van der Waals surface area contributed by atoms with Crippen molar-refractivity contribution >= 4 is 28.5 Å². The second kappa shape index (κ2) is 8.27. The normalized spacial score (nSPS) is 10.8. The maximum absolute atomic E-state index is 12.9. The number of pyridine rings is 1. The third-order valence-corrected chi connectivity index (χ3v) is 4.86. The molecule has 31 heavy (non-hydrogen) atoms. The Hall–Kier alpha value is -4.20. The number of aryl methyl sites for hydroxylation is 1. The van der Waals surface area contributed by atoms with E-state index in [9.17, 15) is 14.4 Å². The van der Waals surface area contributed by atoms with Gasteiger partial charge in [-0.2, -0.15) is 5.10 Å². The number of carbonyl (C=O) groups excluding carboxylic acids is 2. The van der Waals surface area contributed by atoms with Gasteiger partial charge in [-0.1, -0.05) is 18.2 Å². The van der Waals surface area contributed by atoms with Crippen LogP contribution >= 0.6 is 0 Å². The van der Waals surface area contributed by atoms with Crippen LogP contribution in [0.2, 0.25) is 0 Å². The summed E-state index contributed by atoms with van der Waals surface area (Å²) in [6.45, 7) is 2.01. The molecule has 0 fully saturated rings. The Morgan fingerprint density at radius 2 is 1.81 bits per heavy atom. The molecule has 0 atom stereocenters. The van der Waals surface area contributed by atoms with Crippen molar-refractivity contribution in [1.29, 1.82) is 0 Å². The highest BCUT2D eigenvalue weighted by atomic mass is 16.5. The summed E-state index contributed by atoms with van der Waals surface area (Å²) in [5, 5.41) is 7.73. The summed E-state index contributed by atoms with van der Waals surface area (Å²) in [7, 11) is 1.67. The maximum Gasteiger partial charge on any atom is 0.358 e. The number of nitrogens with one attached hydrogen (secondary N) is 1. The Morgan fingerprint density at radius 1 is 1.06 bits per heavy atom. The van der Waals surface area contributed by atoms with E-state index in [-0.39, 0.29) is 23.8 Å². The van der Waals surface area contributed by atoms with E-state index in [1.165, 1.54) is 10.6 Å². The number of rotatable bonds is 5. The first-order valence-electron chi connectivity index (χ1n) is 9.71. The topological polar surface area (TPSA) is 95.2 Å². The second-order valence-electron chi connectivity index (χ2n) is 6.84. The van der Waals surface area contributed by atoms with Crippen molar-refractivity contribution in [3.05, 3.63) is 88.5 Å². The van der Waals surface area contributed by atoms with E-state index in [1.54, 1.807) is 61.2 Å². The Morgan fingerprint density at radius 3 is 2.55 bits per heavy atom. The molecule has 0 aliphatic carbocycles. The standard InChI is InChI=1S/C23H20N4O4/c1-3-31-23(30)19-12-13-27(25-19)16-10-8-15(9-11-16)24-22(29)18-14-21(28)26(2)20-7-5-4-6-17(18)20/h4-14H,3H2,1-2H3,(H,24,29). The van der Waals surface area contributed by atoms with Crippen LogP contribution in [0.1, 0.15) is 27.8 Å². The Bertz CT molecular complexity index is 1340. The molecule has 4 rings (SSSR count). The number of nitrogens with zero attached hydrogens (tertiary/aromatic N) is 3. The molecule has 8 nitrogen and oxygen atoms in total. The molecular weight excluding hydrogens is 396 g/mol. The first kappa shape index (κ1) is 20.1. The number of carbonyl (C=O) groups is 2. The first-order chi connectivity index (χ1) is 15.0. The van der Waals surface area contributed by atoms with Gasteiger partial charge in [0, 0.05) is 30.4 Å². The molecular formula is C23H20N4O4. The molecule has 8 heteroatoms. The minimum Gasteiger partial charge on any atom is -0.461 e. The van der Waals surface area contributed by atoms with E-state index >= 15 is 0 Å². The average molecular weight is 416 g/mol. The van der Waals surface area contributed by atoms with Crippen LogP contribution in [0.4, 0.5) is 5.69 Å². The van der Waals surface area contributed by atoms with E-state index in [0.717, 1.165) is 0 Å². The quantitative estimate of drug-likeness (QED) is 0.504. The third kappa shape index (κ3) is 3.95. The lowest BCUT2D eigenvalue weighted by Crippen LogP contribution is -2.21. The van der Waals surface area contributed by atoms with Gasteiger partial charge in [-0.15, -0.1) is 0 Å². The van der Waals surface area contributed by atoms with Crippen LogP contribution in [0, 0.1) is 0 Å². The number of esters is 1. The largest absolute Gasteiger partial charge is 0.461 e. The van der Waals surface area contributed by atoms with Gasteiger partial charge in [0.05, 0.1) is 23.4 Å². The van der Waals surface area contributed by atoms with Crippen LogP contribution in [-0.4, -0.2) is 32.8 Å². The summed E-state index contributed by atoms with van der Waals surface area (Å²) in [6, 6.07) is 17.2. The molecule has 4 aromatic rings. The van der Waals surface area contributed by atoms with Crippen LogP contribution in [0.5, 0.6) is 0 Å². The second-order valence-corrected chi connectivity index (χ2v) is 6.84. The molecule has 1 amide bonds. The number of aromatic nitrogens is 3. The number of para-hydroxylation sites is 1. The van der Waals surface area contributed by atoms with Crippen LogP contribution in [-0.2, 0) is 11.8 Å². The molecule has 2 aromatic heterocycles. The number of benzene rings is 2. The lowest BCUT2D eigenvalue weighted by atomic mass is 10.1. The van der Waals surface area contributed by atoms with Crippen molar-refractivity contribution < 1.29 is 14.3 Å². The molecule has 156 valence electrons. The van der Waals surface area contributed by atoms with Gasteiger partial charge in [0.2, 0.25) is 0 Å². The minimum absolute atomic E-state index is 0.219. The predicted octanol–water partition coefficient (Wildman–Crippen LogP) is 3.15. The van der Waals surface area contributed by atoms with E-state index in [0.29, 0.717) is 27.8 Å². The molecule has 2 aromatic carbocycles.